The van der Waals surface area contributed by atoms with Gasteiger partial charge in [0, 0.05) is 19.3 Å². The lowest BCUT2D eigenvalue weighted by atomic mass is 10.0. The number of para-hydroxylation sites is 1. The summed E-state index contributed by atoms with van der Waals surface area (Å²) in [6.45, 7) is 3.89. The number of amides is 1. The Balaban J connectivity index is 1.83. The summed E-state index contributed by atoms with van der Waals surface area (Å²) in [6, 6.07) is 15.6. The number of unbranched alkanes of at least 4 members (excludes halogenated alkanes) is 2. The van der Waals surface area contributed by atoms with Crippen molar-refractivity contribution in [3.05, 3.63) is 59.7 Å². The minimum atomic E-state index is -0.248. The van der Waals surface area contributed by atoms with Gasteiger partial charge in [-0.25, -0.2) is 0 Å². The van der Waals surface area contributed by atoms with Crippen LogP contribution < -0.4 is 10.1 Å². The Hall–Kier alpha value is -2.53. The van der Waals surface area contributed by atoms with E-state index in [1.807, 2.05) is 53.4 Å². The Bertz CT molecular complexity index is 763. The van der Waals surface area contributed by atoms with Gasteiger partial charge >= 0.3 is 0 Å². The summed E-state index contributed by atoms with van der Waals surface area (Å²) in [4.78, 5) is 14.9. The van der Waals surface area contributed by atoms with Crippen LogP contribution >= 0.6 is 0 Å². The van der Waals surface area contributed by atoms with Crippen LogP contribution in [0.3, 0.4) is 0 Å². The van der Waals surface area contributed by atoms with Crippen molar-refractivity contribution in [2.75, 3.05) is 32.2 Å². The molecule has 0 saturated heterocycles. The third-order valence-electron chi connectivity index (χ3n) is 4.75. The predicted molar refractivity (Wildman–Crippen MR) is 107 cm³/mol. The number of fused-ring (bicyclic) bond motifs is 1. The normalized spacial score (nSPS) is 16.0. The number of carbonyl (C=O) groups is 1. The maximum atomic E-state index is 13.0. The zero-order valence-corrected chi connectivity index (χ0v) is 16.1. The number of nitrogens with zero attached hydrogens (tertiary/aromatic N) is 1. The van der Waals surface area contributed by atoms with Crippen LogP contribution in [0.15, 0.2) is 48.5 Å². The van der Waals surface area contributed by atoms with Gasteiger partial charge in [0.1, 0.15) is 11.9 Å². The molecule has 144 valence electrons. The number of rotatable bonds is 9. The lowest BCUT2D eigenvalue weighted by molar-refractivity contribution is 0.0609. The third-order valence-corrected chi connectivity index (χ3v) is 4.75. The summed E-state index contributed by atoms with van der Waals surface area (Å²) >= 11 is 0. The van der Waals surface area contributed by atoms with E-state index < -0.39 is 0 Å². The summed E-state index contributed by atoms with van der Waals surface area (Å²) in [5.74, 6) is 0.851. The maximum absolute atomic E-state index is 13.0. The molecule has 1 aliphatic rings. The number of methoxy groups -OCH3 is 1. The highest BCUT2D eigenvalue weighted by atomic mass is 16.5. The van der Waals surface area contributed by atoms with Crippen LogP contribution in [0.25, 0.3) is 0 Å². The molecule has 3 rings (SSSR count). The summed E-state index contributed by atoms with van der Waals surface area (Å²) in [5.41, 5.74) is 2.55. The van der Waals surface area contributed by atoms with Gasteiger partial charge in [0.15, 0.2) is 0 Å². The van der Waals surface area contributed by atoms with E-state index in [2.05, 4.69) is 12.2 Å². The molecule has 5 heteroatoms. The topological polar surface area (TPSA) is 50.8 Å². The average molecular weight is 368 g/mol. The van der Waals surface area contributed by atoms with E-state index in [0.717, 1.165) is 23.4 Å². The lowest BCUT2D eigenvalue weighted by Crippen LogP contribution is -2.44. The molecule has 1 heterocycles. The van der Waals surface area contributed by atoms with Crippen molar-refractivity contribution in [3.63, 3.8) is 0 Å². The number of benzene rings is 2. The molecule has 1 amide bonds. The molecule has 0 spiro atoms. The molecule has 1 atom stereocenters. The van der Waals surface area contributed by atoms with Crippen molar-refractivity contribution in [1.29, 1.82) is 0 Å². The largest absolute Gasteiger partial charge is 0.494 e. The summed E-state index contributed by atoms with van der Waals surface area (Å²) < 4.78 is 11.1. The molecule has 0 aromatic heterocycles. The number of anilines is 1. The number of ether oxygens (including phenoxy) is 2. The first-order chi connectivity index (χ1) is 13.2. The summed E-state index contributed by atoms with van der Waals surface area (Å²) in [7, 11) is 1.65. The Labute approximate surface area is 161 Å². The second-order valence-corrected chi connectivity index (χ2v) is 6.71. The van der Waals surface area contributed by atoms with Crippen molar-refractivity contribution in [1.82, 2.24) is 4.90 Å². The van der Waals surface area contributed by atoms with Gasteiger partial charge in [0.25, 0.3) is 5.91 Å². The third kappa shape index (κ3) is 4.61. The lowest BCUT2D eigenvalue weighted by Gasteiger charge is -2.38. The minimum Gasteiger partial charge on any atom is -0.494 e. The van der Waals surface area contributed by atoms with Gasteiger partial charge in [-0.3, -0.25) is 4.79 Å². The Morgan fingerprint density at radius 1 is 1.07 bits per heavy atom. The number of hydrogen-bond donors (Lipinski definition) is 1. The highest BCUT2D eigenvalue weighted by Crippen LogP contribution is 2.33. The molecule has 2 aromatic rings. The second-order valence-electron chi connectivity index (χ2n) is 6.71. The van der Waals surface area contributed by atoms with Crippen LogP contribution in [0, 0.1) is 0 Å². The molecule has 0 bridgehead atoms. The van der Waals surface area contributed by atoms with Crippen molar-refractivity contribution in [2.24, 2.45) is 0 Å². The highest BCUT2D eigenvalue weighted by Gasteiger charge is 2.32. The van der Waals surface area contributed by atoms with Gasteiger partial charge in [-0.2, -0.15) is 0 Å². The molecule has 1 unspecified atom stereocenters. The fourth-order valence-electron chi connectivity index (χ4n) is 3.29. The van der Waals surface area contributed by atoms with Gasteiger partial charge in [-0.1, -0.05) is 44.0 Å². The molecule has 0 aliphatic carbocycles. The van der Waals surface area contributed by atoms with Crippen LogP contribution in [0.5, 0.6) is 5.75 Å². The number of hydrogen-bond acceptors (Lipinski definition) is 4. The maximum Gasteiger partial charge on any atom is 0.257 e. The van der Waals surface area contributed by atoms with E-state index in [9.17, 15) is 4.79 Å². The van der Waals surface area contributed by atoms with Crippen LogP contribution in [-0.2, 0) is 4.74 Å². The van der Waals surface area contributed by atoms with Crippen LogP contribution in [0.1, 0.15) is 48.3 Å². The zero-order valence-electron chi connectivity index (χ0n) is 16.1. The average Bonchev–Trinajstić information content (AvgIpc) is 2.71. The number of carbonyl (C=O) groups excluding carboxylic acids is 1. The van der Waals surface area contributed by atoms with Gasteiger partial charge in [0.05, 0.1) is 18.8 Å². The van der Waals surface area contributed by atoms with Crippen molar-refractivity contribution >= 4 is 11.6 Å². The van der Waals surface area contributed by atoms with E-state index in [1.165, 1.54) is 12.8 Å². The molecule has 1 N–H and O–H groups in total. The Morgan fingerprint density at radius 3 is 2.74 bits per heavy atom. The smallest absolute Gasteiger partial charge is 0.257 e. The predicted octanol–water partition coefficient (Wildman–Crippen LogP) is 4.47. The highest BCUT2D eigenvalue weighted by molar-refractivity contribution is 6.01. The second kappa shape index (κ2) is 9.42. The van der Waals surface area contributed by atoms with Crippen LogP contribution in [0.2, 0.25) is 0 Å². The first-order valence-electron chi connectivity index (χ1n) is 9.63. The standard InChI is InChI=1S/C22H28N2O3/c1-3-4-7-14-27-18-10-8-9-17(16-18)21-23-20-12-6-5-11-19(20)22(25)24(21)13-15-26-2/h5-6,8-12,16,21,23H,3-4,7,13-15H2,1-2H3. The van der Waals surface area contributed by atoms with Gasteiger partial charge in [0.2, 0.25) is 0 Å². The molecule has 0 radical (unpaired) electrons. The fraction of sp³-hybridized carbons (Fsp3) is 0.409. The molecule has 5 nitrogen and oxygen atoms in total. The molecular formula is C22H28N2O3. The van der Waals surface area contributed by atoms with Crippen LogP contribution in [0.4, 0.5) is 5.69 Å². The van der Waals surface area contributed by atoms with Gasteiger partial charge in [-0.15, -0.1) is 0 Å². The van der Waals surface area contributed by atoms with Crippen molar-refractivity contribution < 1.29 is 14.3 Å². The molecular weight excluding hydrogens is 340 g/mol. The van der Waals surface area contributed by atoms with Gasteiger partial charge in [-0.05, 0) is 36.2 Å². The summed E-state index contributed by atoms with van der Waals surface area (Å²) in [6.07, 6.45) is 3.14. The summed E-state index contributed by atoms with van der Waals surface area (Å²) in [5, 5.41) is 3.50. The molecule has 1 aliphatic heterocycles. The Kier molecular flexibility index (Phi) is 6.71. The van der Waals surface area contributed by atoms with E-state index in [4.69, 9.17) is 9.47 Å². The van der Waals surface area contributed by atoms with Crippen molar-refractivity contribution in [3.8, 4) is 5.75 Å². The van der Waals surface area contributed by atoms with Gasteiger partial charge < -0.3 is 19.7 Å². The molecule has 27 heavy (non-hydrogen) atoms. The van der Waals surface area contributed by atoms with Crippen LogP contribution in [-0.4, -0.2) is 37.7 Å². The number of nitrogens with one attached hydrogen (secondary N) is 1. The quantitative estimate of drug-likeness (QED) is 0.664. The van der Waals surface area contributed by atoms with E-state index in [1.54, 1.807) is 7.11 Å². The van der Waals surface area contributed by atoms with E-state index in [0.29, 0.717) is 25.3 Å². The first-order valence-corrected chi connectivity index (χ1v) is 9.63. The van der Waals surface area contributed by atoms with E-state index >= 15 is 0 Å². The monoisotopic (exact) mass is 368 g/mol. The van der Waals surface area contributed by atoms with E-state index in [-0.39, 0.29) is 12.1 Å². The fourth-order valence-corrected chi connectivity index (χ4v) is 3.29. The first kappa shape index (κ1) is 19.2. The Morgan fingerprint density at radius 2 is 1.93 bits per heavy atom. The molecule has 0 fully saturated rings. The SMILES string of the molecule is CCCCCOc1cccc(C2Nc3ccccc3C(=O)N2CCOC)c1. The minimum absolute atomic E-state index is 0.0145. The molecule has 2 aromatic carbocycles. The zero-order chi connectivity index (χ0) is 19.1. The molecule has 0 saturated carbocycles. The van der Waals surface area contributed by atoms with Crippen molar-refractivity contribution in [2.45, 2.75) is 32.4 Å².